The van der Waals surface area contributed by atoms with Crippen LogP contribution < -0.4 is 9.64 Å². The van der Waals surface area contributed by atoms with Crippen LogP contribution in [0.1, 0.15) is 12.0 Å². The van der Waals surface area contributed by atoms with Gasteiger partial charge in [0, 0.05) is 18.8 Å². The van der Waals surface area contributed by atoms with Crippen LogP contribution in [0, 0.1) is 11.3 Å². The molecule has 0 fully saturated rings. The zero-order chi connectivity index (χ0) is 15.1. The van der Waals surface area contributed by atoms with Crippen LogP contribution in [0.3, 0.4) is 0 Å². The zero-order valence-electron chi connectivity index (χ0n) is 11.9. The van der Waals surface area contributed by atoms with Crippen molar-refractivity contribution in [3.8, 4) is 11.8 Å². The van der Waals surface area contributed by atoms with Gasteiger partial charge in [-0.1, -0.05) is 24.3 Å². The molecule has 0 N–H and O–H groups in total. The fourth-order valence-electron chi connectivity index (χ4n) is 2.15. The second-order valence-corrected chi connectivity index (χ2v) is 5.49. The van der Waals surface area contributed by atoms with Gasteiger partial charge in [-0.2, -0.15) is 5.26 Å². The summed E-state index contributed by atoms with van der Waals surface area (Å²) in [6.45, 7) is 1.47. The maximum Gasteiger partial charge on any atom is 0.133 e. The van der Waals surface area contributed by atoms with Crippen molar-refractivity contribution in [3.05, 3.63) is 58.6 Å². The maximum atomic E-state index is 8.84. The molecule has 0 radical (unpaired) electrons. The normalized spacial score (nSPS) is 9.95. The molecule has 0 saturated heterocycles. The highest BCUT2D eigenvalue weighted by atomic mass is 79.9. The Morgan fingerprint density at radius 1 is 1.19 bits per heavy atom. The lowest BCUT2D eigenvalue weighted by Crippen LogP contribution is -2.23. The van der Waals surface area contributed by atoms with Crippen molar-refractivity contribution in [1.29, 1.82) is 5.26 Å². The highest BCUT2D eigenvalue weighted by Gasteiger charge is 2.08. The number of benzene rings is 2. The van der Waals surface area contributed by atoms with E-state index in [0.29, 0.717) is 13.0 Å². The van der Waals surface area contributed by atoms with E-state index in [-0.39, 0.29) is 0 Å². The van der Waals surface area contributed by atoms with E-state index in [2.05, 4.69) is 45.1 Å². The number of nitriles is 1. The second kappa shape index (κ2) is 7.70. The first kappa shape index (κ1) is 15.4. The number of halogens is 1. The second-order valence-electron chi connectivity index (χ2n) is 4.63. The van der Waals surface area contributed by atoms with Crippen LogP contribution in [0.25, 0.3) is 0 Å². The Bertz CT molecular complexity index is 622. The molecule has 0 amide bonds. The molecule has 0 saturated carbocycles. The third-order valence-corrected chi connectivity index (χ3v) is 3.82. The number of para-hydroxylation sites is 1. The van der Waals surface area contributed by atoms with Gasteiger partial charge in [-0.3, -0.25) is 0 Å². The Labute approximate surface area is 133 Å². The largest absolute Gasteiger partial charge is 0.496 e. The van der Waals surface area contributed by atoms with Gasteiger partial charge in [0.05, 0.1) is 24.1 Å². The lowest BCUT2D eigenvalue weighted by Gasteiger charge is -2.24. The quantitative estimate of drug-likeness (QED) is 0.780. The van der Waals surface area contributed by atoms with E-state index in [1.165, 1.54) is 5.56 Å². The first-order chi connectivity index (χ1) is 10.2. The first-order valence-corrected chi connectivity index (χ1v) is 7.53. The van der Waals surface area contributed by atoms with Gasteiger partial charge < -0.3 is 9.64 Å². The number of hydrogen-bond donors (Lipinski definition) is 0. The summed E-state index contributed by atoms with van der Waals surface area (Å²) in [6.07, 6.45) is 0.506. The topological polar surface area (TPSA) is 36.3 Å². The van der Waals surface area contributed by atoms with Gasteiger partial charge >= 0.3 is 0 Å². The summed E-state index contributed by atoms with van der Waals surface area (Å²) in [5.74, 6) is 0.821. The van der Waals surface area contributed by atoms with Gasteiger partial charge in [-0.25, -0.2) is 0 Å². The Morgan fingerprint density at radius 2 is 1.95 bits per heavy atom. The molecule has 2 aromatic carbocycles. The lowest BCUT2D eigenvalue weighted by atomic mass is 10.2. The molecule has 0 bridgehead atoms. The van der Waals surface area contributed by atoms with Gasteiger partial charge in [0.2, 0.25) is 0 Å². The summed E-state index contributed by atoms with van der Waals surface area (Å²) < 4.78 is 6.19. The third-order valence-electron chi connectivity index (χ3n) is 3.20. The van der Waals surface area contributed by atoms with Crippen LogP contribution in [-0.2, 0) is 6.54 Å². The summed E-state index contributed by atoms with van der Waals surface area (Å²) in [5.41, 5.74) is 2.30. The van der Waals surface area contributed by atoms with Crippen LogP contribution in [0.4, 0.5) is 5.69 Å². The van der Waals surface area contributed by atoms with Crippen molar-refractivity contribution in [2.24, 2.45) is 0 Å². The van der Waals surface area contributed by atoms with E-state index in [9.17, 15) is 0 Å². The minimum Gasteiger partial charge on any atom is -0.496 e. The summed E-state index contributed by atoms with van der Waals surface area (Å²) in [7, 11) is 1.66. The molecule has 108 valence electrons. The molecule has 2 rings (SSSR count). The molecule has 0 aromatic heterocycles. The van der Waals surface area contributed by atoms with E-state index < -0.39 is 0 Å². The Kier molecular flexibility index (Phi) is 5.65. The van der Waals surface area contributed by atoms with E-state index in [1.54, 1.807) is 7.11 Å². The van der Waals surface area contributed by atoms with Crippen LogP contribution in [0.15, 0.2) is 53.0 Å². The molecular weight excluding hydrogens is 328 g/mol. The number of anilines is 1. The van der Waals surface area contributed by atoms with Crippen LogP contribution in [-0.4, -0.2) is 13.7 Å². The van der Waals surface area contributed by atoms with Crippen molar-refractivity contribution in [2.45, 2.75) is 13.0 Å². The molecule has 2 aromatic rings. The van der Waals surface area contributed by atoms with E-state index in [1.807, 2.05) is 30.3 Å². The van der Waals surface area contributed by atoms with E-state index in [0.717, 1.165) is 22.5 Å². The predicted molar refractivity (Wildman–Crippen MR) is 88.4 cm³/mol. The predicted octanol–water partition coefficient (Wildman–Crippen LogP) is 4.38. The zero-order valence-corrected chi connectivity index (χ0v) is 13.5. The highest BCUT2D eigenvalue weighted by molar-refractivity contribution is 9.10. The van der Waals surface area contributed by atoms with Gasteiger partial charge in [-0.15, -0.1) is 0 Å². The van der Waals surface area contributed by atoms with Crippen molar-refractivity contribution in [3.63, 3.8) is 0 Å². The molecule has 0 aliphatic carbocycles. The van der Waals surface area contributed by atoms with Gasteiger partial charge in [0.25, 0.3) is 0 Å². The Balaban J connectivity index is 2.19. The van der Waals surface area contributed by atoms with Crippen LogP contribution >= 0.6 is 15.9 Å². The van der Waals surface area contributed by atoms with Crippen molar-refractivity contribution < 1.29 is 4.74 Å². The standard InChI is InChI=1S/C17H17BrN2O/c1-21-17-9-8-14(12-16(17)18)13-20(11-5-10-19)15-6-3-2-4-7-15/h2-4,6-9,12H,5,11,13H2,1H3. The van der Waals surface area contributed by atoms with Crippen LogP contribution in [0.2, 0.25) is 0 Å². The maximum absolute atomic E-state index is 8.84. The lowest BCUT2D eigenvalue weighted by molar-refractivity contribution is 0.412. The van der Waals surface area contributed by atoms with Gasteiger partial charge in [-0.05, 0) is 45.8 Å². The van der Waals surface area contributed by atoms with E-state index in [4.69, 9.17) is 10.00 Å². The van der Waals surface area contributed by atoms with Gasteiger partial charge in [0.15, 0.2) is 0 Å². The molecule has 0 spiro atoms. The SMILES string of the molecule is COc1ccc(CN(CCC#N)c2ccccc2)cc1Br. The molecular formula is C17H17BrN2O. The number of ether oxygens (including phenoxy) is 1. The number of hydrogen-bond acceptors (Lipinski definition) is 3. The van der Waals surface area contributed by atoms with E-state index >= 15 is 0 Å². The average molecular weight is 345 g/mol. The smallest absolute Gasteiger partial charge is 0.133 e. The molecule has 21 heavy (non-hydrogen) atoms. The molecule has 0 unspecified atom stereocenters. The minimum absolute atomic E-state index is 0.506. The fourth-order valence-corrected chi connectivity index (χ4v) is 2.74. The van der Waals surface area contributed by atoms with Crippen molar-refractivity contribution in [2.75, 3.05) is 18.6 Å². The van der Waals surface area contributed by atoms with Crippen molar-refractivity contribution >= 4 is 21.6 Å². The summed E-state index contributed by atoms with van der Waals surface area (Å²) in [5, 5.41) is 8.84. The number of rotatable bonds is 6. The molecule has 0 aliphatic rings. The molecule has 0 heterocycles. The molecule has 0 aliphatic heterocycles. The average Bonchev–Trinajstić information content (AvgIpc) is 2.52. The molecule has 4 heteroatoms. The summed E-state index contributed by atoms with van der Waals surface area (Å²) >= 11 is 3.51. The highest BCUT2D eigenvalue weighted by Crippen LogP contribution is 2.27. The minimum atomic E-state index is 0.506. The van der Waals surface area contributed by atoms with Crippen LogP contribution in [0.5, 0.6) is 5.75 Å². The number of nitrogens with zero attached hydrogens (tertiary/aromatic N) is 2. The molecule has 3 nitrogen and oxygen atoms in total. The Morgan fingerprint density at radius 3 is 2.57 bits per heavy atom. The third kappa shape index (κ3) is 4.24. The van der Waals surface area contributed by atoms with Gasteiger partial charge in [0.1, 0.15) is 5.75 Å². The monoisotopic (exact) mass is 344 g/mol. The summed E-state index contributed by atoms with van der Waals surface area (Å²) in [6, 6.07) is 18.4. The molecule has 0 atom stereocenters. The first-order valence-electron chi connectivity index (χ1n) is 6.74. The Hall–Kier alpha value is -1.99. The fraction of sp³-hybridized carbons (Fsp3) is 0.235. The van der Waals surface area contributed by atoms with Crippen molar-refractivity contribution in [1.82, 2.24) is 0 Å². The number of methoxy groups -OCH3 is 1. The summed E-state index contributed by atoms with van der Waals surface area (Å²) in [4.78, 5) is 2.21.